The smallest absolute Gasteiger partial charge is 0.0384 e. The van der Waals surface area contributed by atoms with E-state index >= 15 is 0 Å². The van der Waals surface area contributed by atoms with Gasteiger partial charge in [0.15, 0.2) is 0 Å². The van der Waals surface area contributed by atoms with Gasteiger partial charge in [-0.2, -0.15) is 0 Å². The molecule has 1 N–H and O–H groups in total. The quantitative estimate of drug-likeness (QED) is 0.497. The van der Waals surface area contributed by atoms with E-state index in [9.17, 15) is 0 Å². The molecule has 130 valence electrons. The predicted octanol–water partition coefficient (Wildman–Crippen LogP) is 7.38. The molecule has 1 atom stereocenters. The van der Waals surface area contributed by atoms with Crippen LogP contribution in [0.4, 0.5) is 11.4 Å². The topological polar surface area (TPSA) is 12.0 Å². The highest BCUT2D eigenvalue weighted by Gasteiger charge is 2.14. The molecule has 0 aromatic heterocycles. The van der Waals surface area contributed by atoms with Gasteiger partial charge in [0.1, 0.15) is 0 Å². The van der Waals surface area contributed by atoms with Gasteiger partial charge in [-0.3, -0.25) is 0 Å². The molecule has 0 spiro atoms. The zero-order valence-electron chi connectivity index (χ0n) is 15.6. The SMILES string of the molecule is C=C[C@@](C)(/C=C/c1ccc(Nc2ccccc2)cc1)CCC=C(C)C. The molecule has 0 amide bonds. The van der Waals surface area contributed by atoms with Crippen molar-refractivity contribution in [2.45, 2.75) is 33.6 Å². The summed E-state index contributed by atoms with van der Waals surface area (Å²) in [4.78, 5) is 0. The van der Waals surface area contributed by atoms with Crippen LogP contribution in [0.25, 0.3) is 6.08 Å². The Bertz CT molecular complexity index is 718. The largest absolute Gasteiger partial charge is 0.356 e. The van der Waals surface area contributed by atoms with Crippen LogP contribution < -0.4 is 5.32 Å². The summed E-state index contributed by atoms with van der Waals surface area (Å²) in [6, 6.07) is 18.7. The molecule has 2 rings (SSSR count). The normalized spacial score (nSPS) is 13.2. The third kappa shape index (κ3) is 6.46. The van der Waals surface area contributed by atoms with E-state index in [0.717, 1.165) is 24.2 Å². The van der Waals surface area contributed by atoms with Crippen LogP contribution in [0, 0.1) is 5.41 Å². The maximum atomic E-state index is 4.02. The van der Waals surface area contributed by atoms with E-state index in [1.165, 1.54) is 11.1 Å². The second-order valence-corrected chi connectivity index (χ2v) is 6.98. The highest BCUT2D eigenvalue weighted by Crippen LogP contribution is 2.28. The van der Waals surface area contributed by atoms with Crippen molar-refractivity contribution in [2.75, 3.05) is 5.32 Å². The highest BCUT2D eigenvalue weighted by atomic mass is 14.9. The van der Waals surface area contributed by atoms with Crippen LogP contribution in [0.1, 0.15) is 39.2 Å². The van der Waals surface area contributed by atoms with E-state index in [0.29, 0.717) is 0 Å². The molecule has 1 heteroatoms. The van der Waals surface area contributed by atoms with Gasteiger partial charge in [0.2, 0.25) is 0 Å². The highest BCUT2D eigenvalue weighted by molar-refractivity contribution is 5.62. The number of anilines is 2. The molecule has 0 saturated heterocycles. The van der Waals surface area contributed by atoms with Gasteiger partial charge in [0, 0.05) is 16.8 Å². The third-order valence-corrected chi connectivity index (χ3v) is 4.33. The first-order valence-corrected chi connectivity index (χ1v) is 8.89. The predicted molar refractivity (Wildman–Crippen MR) is 112 cm³/mol. The molecule has 0 bridgehead atoms. The molecular weight excluding hydrogens is 302 g/mol. The Morgan fingerprint density at radius 1 is 1.00 bits per heavy atom. The molecule has 0 radical (unpaired) electrons. The van der Waals surface area contributed by atoms with E-state index in [-0.39, 0.29) is 5.41 Å². The lowest BCUT2D eigenvalue weighted by molar-refractivity contribution is 0.508. The molecule has 0 aliphatic heterocycles. The summed E-state index contributed by atoms with van der Waals surface area (Å²) in [6.07, 6.45) is 10.9. The number of rotatable bonds is 8. The second-order valence-electron chi connectivity index (χ2n) is 6.98. The number of hydrogen-bond donors (Lipinski definition) is 1. The summed E-state index contributed by atoms with van der Waals surface area (Å²) in [5.74, 6) is 0. The minimum Gasteiger partial charge on any atom is -0.356 e. The first-order chi connectivity index (χ1) is 12.0. The van der Waals surface area contributed by atoms with Gasteiger partial charge in [0.25, 0.3) is 0 Å². The maximum Gasteiger partial charge on any atom is 0.0384 e. The van der Waals surface area contributed by atoms with E-state index in [4.69, 9.17) is 0 Å². The van der Waals surface area contributed by atoms with Crippen LogP contribution in [0.2, 0.25) is 0 Å². The summed E-state index contributed by atoms with van der Waals surface area (Å²) < 4.78 is 0. The molecule has 2 aromatic rings. The van der Waals surface area contributed by atoms with Crippen molar-refractivity contribution in [3.05, 3.63) is 90.5 Å². The summed E-state index contributed by atoms with van der Waals surface area (Å²) in [7, 11) is 0. The molecule has 0 unspecified atom stereocenters. The molecule has 2 aromatic carbocycles. The standard InChI is InChI=1S/C24H29N/c1-5-24(4,18-9-10-20(2)3)19-17-21-13-15-23(16-14-21)25-22-11-7-6-8-12-22/h5-8,10-17,19,25H,1,9,18H2,2-4H3/b19-17+/t24-/m1/s1. The van der Waals surface area contributed by atoms with Gasteiger partial charge in [0.05, 0.1) is 0 Å². The van der Waals surface area contributed by atoms with Crippen LogP contribution in [-0.2, 0) is 0 Å². The summed E-state index contributed by atoms with van der Waals surface area (Å²) in [5.41, 5.74) is 4.79. The monoisotopic (exact) mass is 331 g/mol. The Morgan fingerprint density at radius 3 is 2.24 bits per heavy atom. The Balaban J connectivity index is 2.00. The molecule has 0 heterocycles. The molecule has 0 aliphatic carbocycles. The van der Waals surface area contributed by atoms with E-state index in [1.54, 1.807) is 0 Å². The molecule has 0 fully saturated rings. The van der Waals surface area contributed by atoms with Gasteiger partial charge in [-0.1, -0.05) is 67.1 Å². The lowest BCUT2D eigenvalue weighted by Crippen LogP contribution is -2.08. The fraction of sp³-hybridized carbons (Fsp3) is 0.250. The van der Waals surface area contributed by atoms with Crippen LogP contribution in [0.5, 0.6) is 0 Å². The van der Waals surface area contributed by atoms with Gasteiger partial charge in [-0.05, 0) is 56.5 Å². The first kappa shape index (κ1) is 18.8. The second kappa shape index (κ2) is 9.08. The van der Waals surface area contributed by atoms with Crippen LogP contribution in [0.3, 0.4) is 0 Å². The lowest BCUT2D eigenvalue weighted by Gasteiger charge is -2.20. The fourth-order valence-electron chi connectivity index (χ4n) is 2.58. The zero-order chi connectivity index (χ0) is 18.1. The van der Waals surface area contributed by atoms with Crippen molar-refractivity contribution in [1.29, 1.82) is 0 Å². The van der Waals surface area contributed by atoms with Crippen molar-refractivity contribution in [1.82, 2.24) is 0 Å². The van der Waals surface area contributed by atoms with Crippen molar-refractivity contribution in [3.63, 3.8) is 0 Å². The van der Waals surface area contributed by atoms with Gasteiger partial charge < -0.3 is 5.32 Å². The number of allylic oxidation sites excluding steroid dienone is 4. The Kier molecular flexibility index (Phi) is 6.82. The first-order valence-electron chi connectivity index (χ1n) is 8.89. The van der Waals surface area contributed by atoms with E-state index in [2.05, 4.69) is 87.3 Å². The Hall–Kier alpha value is -2.54. The summed E-state index contributed by atoms with van der Waals surface area (Å²) in [5, 5.41) is 3.41. The van der Waals surface area contributed by atoms with Crippen molar-refractivity contribution < 1.29 is 0 Å². The fourth-order valence-corrected chi connectivity index (χ4v) is 2.58. The van der Waals surface area contributed by atoms with Crippen molar-refractivity contribution in [2.24, 2.45) is 5.41 Å². The summed E-state index contributed by atoms with van der Waals surface area (Å²) in [6.45, 7) is 10.5. The van der Waals surface area contributed by atoms with Gasteiger partial charge >= 0.3 is 0 Å². The molecule has 1 nitrogen and oxygen atoms in total. The average Bonchev–Trinajstić information content (AvgIpc) is 2.62. The summed E-state index contributed by atoms with van der Waals surface area (Å²) >= 11 is 0. The Labute approximate surface area is 152 Å². The number of para-hydroxylation sites is 1. The Morgan fingerprint density at radius 2 is 1.64 bits per heavy atom. The number of nitrogens with one attached hydrogen (secondary N) is 1. The molecule has 0 aliphatic rings. The average molecular weight is 332 g/mol. The molecule has 25 heavy (non-hydrogen) atoms. The van der Waals surface area contributed by atoms with Gasteiger partial charge in [-0.25, -0.2) is 0 Å². The van der Waals surface area contributed by atoms with Gasteiger partial charge in [-0.15, -0.1) is 6.58 Å². The number of hydrogen-bond acceptors (Lipinski definition) is 1. The van der Waals surface area contributed by atoms with Crippen LogP contribution in [0.15, 0.2) is 85.0 Å². The van der Waals surface area contributed by atoms with E-state index in [1.807, 2.05) is 24.3 Å². The van der Waals surface area contributed by atoms with Crippen LogP contribution in [-0.4, -0.2) is 0 Å². The zero-order valence-corrected chi connectivity index (χ0v) is 15.6. The van der Waals surface area contributed by atoms with Crippen molar-refractivity contribution >= 4 is 17.5 Å². The van der Waals surface area contributed by atoms with E-state index < -0.39 is 0 Å². The number of benzene rings is 2. The third-order valence-electron chi connectivity index (χ3n) is 4.33. The minimum atomic E-state index is 0.0207. The van der Waals surface area contributed by atoms with Crippen LogP contribution >= 0.6 is 0 Å². The molecular formula is C24H29N. The maximum absolute atomic E-state index is 4.02. The van der Waals surface area contributed by atoms with Crippen molar-refractivity contribution in [3.8, 4) is 0 Å². The molecule has 0 saturated carbocycles. The lowest BCUT2D eigenvalue weighted by atomic mass is 9.84. The minimum absolute atomic E-state index is 0.0207.